The summed E-state index contributed by atoms with van der Waals surface area (Å²) in [5.74, 6) is -2.46. The van der Waals surface area contributed by atoms with Crippen molar-refractivity contribution in [1.82, 2.24) is 30.2 Å². The molecule has 3 N–H and O–H groups in total. The Morgan fingerprint density at radius 1 is 1.02 bits per heavy atom. The number of aromatic amines is 1. The number of nitrogens with zero attached hydrogens (tertiary/aromatic N) is 5. The molecule has 1 unspecified atom stereocenters. The molecule has 13 nitrogen and oxygen atoms in total. The van der Waals surface area contributed by atoms with Crippen LogP contribution in [0.1, 0.15) is 66.1 Å². The van der Waals surface area contributed by atoms with E-state index in [1.807, 2.05) is 11.0 Å². The van der Waals surface area contributed by atoms with Gasteiger partial charge in [-0.3, -0.25) is 29.2 Å². The van der Waals surface area contributed by atoms with Crippen LogP contribution in [-0.4, -0.2) is 88.2 Å². The largest absolute Gasteiger partial charge is 0.495 e. The molecule has 0 bridgehead atoms. The van der Waals surface area contributed by atoms with Gasteiger partial charge >= 0.3 is 0 Å². The molecule has 2 saturated heterocycles. The maximum absolute atomic E-state index is 16.3. The number of piperidine rings is 2. The first-order valence-corrected chi connectivity index (χ1v) is 19.7. The highest BCUT2D eigenvalue weighted by molar-refractivity contribution is 6.34. The molecule has 59 heavy (non-hydrogen) atoms. The van der Waals surface area contributed by atoms with Crippen molar-refractivity contribution in [3.05, 3.63) is 94.2 Å². The van der Waals surface area contributed by atoms with Gasteiger partial charge in [-0.05, 0) is 78.6 Å². The summed E-state index contributed by atoms with van der Waals surface area (Å²) in [5.41, 5.74) is 2.66. The Labute approximate surface area is 341 Å². The number of anilines is 2. The van der Waals surface area contributed by atoms with Crippen molar-refractivity contribution < 1.29 is 37.1 Å². The fraction of sp³-hybridized carbons (Fsp3) is 0.333. The van der Waals surface area contributed by atoms with Gasteiger partial charge in [-0.15, -0.1) is 5.10 Å². The van der Waals surface area contributed by atoms with E-state index in [-0.39, 0.29) is 71.0 Å². The zero-order valence-electron chi connectivity index (χ0n) is 32.0. The Kier molecular flexibility index (Phi) is 11.2. The molecule has 3 aliphatic heterocycles. The van der Waals surface area contributed by atoms with Crippen LogP contribution >= 0.6 is 11.6 Å². The quantitative estimate of drug-likeness (QED) is 0.0984. The van der Waals surface area contributed by atoms with Crippen molar-refractivity contribution >= 4 is 63.5 Å². The number of fused-ring (bicyclic) bond motifs is 1. The lowest BCUT2D eigenvalue weighted by Crippen LogP contribution is -2.47. The minimum absolute atomic E-state index is 0.0569. The number of rotatable bonds is 11. The number of H-pyrrole nitrogens is 1. The molecular weight excluding hydrogens is 789 g/mol. The summed E-state index contributed by atoms with van der Waals surface area (Å²) < 4.78 is 55.3. The van der Waals surface area contributed by atoms with E-state index in [2.05, 4.69) is 25.9 Å². The minimum atomic E-state index is -0.712. The average Bonchev–Trinajstić information content (AvgIpc) is 3.93. The zero-order chi connectivity index (χ0) is 41.4. The van der Waals surface area contributed by atoms with Crippen molar-refractivity contribution in [2.45, 2.75) is 57.0 Å². The molecule has 5 heterocycles. The lowest BCUT2D eigenvalue weighted by Gasteiger charge is -2.34. The summed E-state index contributed by atoms with van der Waals surface area (Å²) in [6.45, 7) is 1.74. The van der Waals surface area contributed by atoms with E-state index in [9.17, 15) is 19.2 Å². The molecule has 0 radical (unpaired) electrons. The van der Waals surface area contributed by atoms with Crippen molar-refractivity contribution in [3.8, 4) is 16.9 Å². The van der Waals surface area contributed by atoms with Crippen LogP contribution in [0.5, 0.6) is 5.75 Å². The predicted octanol–water partition coefficient (Wildman–Crippen LogP) is 6.63. The number of benzene rings is 3. The number of imide groups is 1. The number of hydrogen-bond acceptors (Lipinski definition) is 9. The van der Waals surface area contributed by atoms with Crippen LogP contribution in [0.3, 0.4) is 0 Å². The van der Waals surface area contributed by atoms with Crippen LogP contribution < -0.4 is 20.3 Å². The normalized spacial score (nSPS) is 17.6. The van der Waals surface area contributed by atoms with E-state index in [1.165, 1.54) is 37.6 Å². The molecule has 0 spiro atoms. The number of ether oxygens (including phenoxy) is 1. The van der Waals surface area contributed by atoms with Gasteiger partial charge in [-0.25, -0.2) is 13.2 Å². The maximum Gasteiger partial charge on any atom is 0.249 e. The van der Waals surface area contributed by atoms with Gasteiger partial charge in [0, 0.05) is 67.8 Å². The molecule has 0 saturated carbocycles. The van der Waals surface area contributed by atoms with E-state index in [1.54, 1.807) is 27.9 Å². The van der Waals surface area contributed by atoms with Crippen molar-refractivity contribution in [1.29, 1.82) is 0 Å². The number of methoxy groups -OCH3 is 1. The highest BCUT2D eigenvalue weighted by Gasteiger charge is 2.31. The summed E-state index contributed by atoms with van der Waals surface area (Å²) in [7, 11) is 1.45. The summed E-state index contributed by atoms with van der Waals surface area (Å²) in [6.07, 6.45) is 7.76. The Morgan fingerprint density at radius 2 is 1.83 bits per heavy atom. The molecular formula is C42H40ClF3N8O5. The van der Waals surface area contributed by atoms with Crippen LogP contribution in [0.25, 0.3) is 27.6 Å². The SMILES string of the molecule is COc1cc(C2CCN(c3cc(Cl)c(-c4cc(C5=CCCN(C(=O)CCn6ccnn6)C5)c(F)c5[nH]c(C=O)cc45)cc3F)CC2)c(F)cc1NC1CCC(=O)NC1=O. The Bertz CT molecular complexity index is 2500. The van der Waals surface area contributed by atoms with Crippen LogP contribution in [0.15, 0.2) is 54.9 Å². The number of carbonyl (C=O) groups is 4. The molecule has 5 aromatic rings. The summed E-state index contributed by atoms with van der Waals surface area (Å²) in [6, 6.07) is 8.13. The van der Waals surface area contributed by atoms with Gasteiger partial charge in [0.2, 0.25) is 17.7 Å². The number of carbonyl (C=O) groups excluding carboxylic acids is 4. The number of aryl methyl sites for hydroxylation is 1. The number of aldehydes is 1. The van der Waals surface area contributed by atoms with Crippen LogP contribution in [0, 0.1) is 17.5 Å². The second kappa shape index (κ2) is 16.6. The van der Waals surface area contributed by atoms with Gasteiger partial charge in [0.25, 0.3) is 0 Å². The predicted molar refractivity (Wildman–Crippen MR) is 215 cm³/mol. The van der Waals surface area contributed by atoms with Gasteiger partial charge in [0.15, 0.2) is 12.1 Å². The standard InChI is InChI=1S/C42H40ClF3N8O5/c1-59-37-18-26(32(44)20-35(37)49-34-4-5-38(56)50-42(34)58)23-6-11-52(12-7-23)36-19-31(43)29(17-33(36)45)28-16-27(40(46)41-30(28)15-25(22-55)48-41)24-3-2-10-53(21-24)39(57)8-13-54-14-9-47-51-54/h3,9,14-20,22-23,34,48-49H,2,4-8,10-13,21H2,1H3,(H,50,56,58). The van der Waals surface area contributed by atoms with Gasteiger partial charge in [0.1, 0.15) is 23.4 Å². The van der Waals surface area contributed by atoms with Crippen molar-refractivity contribution in [2.24, 2.45) is 0 Å². The zero-order valence-corrected chi connectivity index (χ0v) is 32.8. The molecule has 17 heteroatoms. The Balaban J connectivity index is 1.02. The monoisotopic (exact) mass is 828 g/mol. The van der Waals surface area contributed by atoms with Crippen molar-refractivity contribution in [3.63, 3.8) is 0 Å². The Hall–Kier alpha value is -6.16. The number of halogens is 4. The minimum Gasteiger partial charge on any atom is -0.495 e. The maximum atomic E-state index is 16.3. The second-order valence-corrected chi connectivity index (χ2v) is 15.3. The summed E-state index contributed by atoms with van der Waals surface area (Å²) in [4.78, 5) is 55.2. The first-order valence-electron chi connectivity index (χ1n) is 19.3. The fourth-order valence-electron chi connectivity index (χ4n) is 8.27. The molecule has 306 valence electrons. The third-order valence-corrected chi connectivity index (χ3v) is 11.7. The molecule has 2 aromatic heterocycles. The van der Waals surface area contributed by atoms with Gasteiger partial charge in [-0.1, -0.05) is 22.9 Å². The third kappa shape index (κ3) is 8.00. The molecule has 0 aliphatic carbocycles. The number of hydrogen-bond donors (Lipinski definition) is 3. The second-order valence-electron chi connectivity index (χ2n) is 14.9. The molecule has 8 rings (SSSR count). The molecule has 3 amide bonds. The van der Waals surface area contributed by atoms with Gasteiger partial charge < -0.3 is 24.8 Å². The number of nitrogens with one attached hydrogen (secondary N) is 3. The lowest BCUT2D eigenvalue weighted by molar-refractivity contribution is -0.134. The van der Waals surface area contributed by atoms with E-state index >= 15 is 13.2 Å². The highest BCUT2D eigenvalue weighted by atomic mass is 35.5. The van der Waals surface area contributed by atoms with Crippen molar-refractivity contribution in [2.75, 3.05) is 43.5 Å². The first kappa shape index (κ1) is 39.7. The van der Waals surface area contributed by atoms with E-state index in [0.717, 1.165) is 0 Å². The average molecular weight is 829 g/mol. The molecule has 3 aliphatic rings. The number of aromatic nitrogens is 4. The van der Waals surface area contributed by atoms with E-state index in [0.29, 0.717) is 90.8 Å². The summed E-state index contributed by atoms with van der Waals surface area (Å²) >= 11 is 6.94. The highest BCUT2D eigenvalue weighted by Crippen LogP contribution is 2.43. The van der Waals surface area contributed by atoms with Gasteiger partial charge in [0.05, 0.1) is 47.5 Å². The first-order chi connectivity index (χ1) is 28.5. The van der Waals surface area contributed by atoms with Crippen LogP contribution in [0.4, 0.5) is 24.5 Å². The lowest BCUT2D eigenvalue weighted by atomic mass is 9.88. The summed E-state index contributed by atoms with van der Waals surface area (Å²) in [5, 5.41) is 13.5. The number of amides is 3. The smallest absolute Gasteiger partial charge is 0.249 e. The van der Waals surface area contributed by atoms with E-state index < -0.39 is 29.4 Å². The Morgan fingerprint density at radius 3 is 2.56 bits per heavy atom. The van der Waals surface area contributed by atoms with Gasteiger partial charge in [-0.2, -0.15) is 0 Å². The fourth-order valence-corrected chi connectivity index (χ4v) is 8.53. The molecule has 1 atom stereocenters. The third-order valence-electron chi connectivity index (χ3n) is 11.4. The molecule has 3 aromatic carbocycles. The topological polar surface area (TPSA) is 155 Å². The van der Waals surface area contributed by atoms with E-state index in [4.69, 9.17) is 16.3 Å². The van der Waals surface area contributed by atoms with Crippen LogP contribution in [-0.2, 0) is 20.9 Å². The van der Waals surface area contributed by atoms with Crippen LogP contribution in [0.2, 0.25) is 5.02 Å². The molecule has 2 fully saturated rings.